The van der Waals surface area contributed by atoms with Crippen molar-refractivity contribution in [3.8, 4) is 0 Å². The Kier molecular flexibility index (Phi) is 3.20. The van der Waals surface area contributed by atoms with Crippen LogP contribution in [0.15, 0.2) is 10.7 Å². The molecule has 0 spiro atoms. The first-order valence-corrected chi connectivity index (χ1v) is 4.48. The lowest BCUT2D eigenvalue weighted by atomic mass is 10.4. The Morgan fingerprint density at radius 1 is 1.71 bits per heavy atom. The average Bonchev–Trinajstić information content (AvgIpc) is 2.45. The first kappa shape index (κ1) is 11.1. The molecule has 1 aromatic rings. The Morgan fingerprint density at radius 2 is 2.29 bits per heavy atom. The molecule has 4 nitrogen and oxygen atoms in total. The van der Waals surface area contributed by atoms with Crippen LogP contribution in [0.2, 0.25) is 0 Å². The quantitative estimate of drug-likeness (QED) is 0.915. The second kappa shape index (κ2) is 4.04. The van der Waals surface area contributed by atoms with E-state index in [2.05, 4.69) is 21.0 Å². The van der Waals surface area contributed by atoms with Crippen molar-refractivity contribution in [1.82, 2.24) is 9.78 Å². The number of rotatable bonds is 3. The number of aromatic nitrogens is 2. The van der Waals surface area contributed by atoms with Gasteiger partial charge in [0.2, 0.25) is 0 Å². The summed E-state index contributed by atoms with van der Waals surface area (Å²) < 4.78 is 25.6. The van der Waals surface area contributed by atoms with Gasteiger partial charge in [0.05, 0.1) is 4.47 Å². The topological polar surface area (TPSA) is 55.1 Å². The lowest BCUT2D eigenvalue weighted by Crippen LogP contribution is -2.16. The molecule has 1 N–H and O–H groups in total. The number of carbonyl (C=O) groups is 1. The number of nitrogens with zero attached hydrogens (tertiary/aromatic N) is 2. The van der Waals surface area contributed by atoms with Gasteiger partial charge in [-0.3, -0.25) is 4.68 Å². The first-order valence-electron chi connectivity index (χ1n) is 3.69. The van der Waals surface area contributed by atoms with Crippen LogP contribution in [0, 0.1) is 0 Å². The Bertz CT molecular complexity index is 353. The molecule has 1 rings (SSSR count). The van der Waals surface area contributed by atoms with Crippen molar-refractivity contribution < 1.29 is 18.7 Å². The van der Waals surface area contributed by atoms with Gasteiger partial charge in [0.25, 0.3) is 6.43 Å². The molecule has 0 amide bonds. The molecule has 0 radical (unpaired) electrons. The minimum absolute atomic E-state index is 0.112. The summed E-state index contributed by atoms with van der Waals surface area (Å²) in [5.74, 6) is -1.12. The SMILES string of the molecule is C[C@H](C(=O)O)n1cc(Br)c(C(F)F)n1. The van der Waals surface area contributed by atoms with Crippen LogP contribution in [0.4, 0.5) is 8.78 Å². The van der Waals surface area contributed by atoms with Crippen LogP contribution in [-0.2, 0) is 4.79 Å². The zero-order valence-corrected chi connectivity index (χ0v) is 8.70. The molecule has 1 heterocycles. The molecule has 0 fully saturated rings. The number of carboxylic acid groups (broad SMARTS) is 1. The molecule has 1 atom stereocenters. The Hall–Kier alpha value is -0.980. The Morgan fingerprint density at radius 3 is 2.64 bits per heavy atom. The summed E-state index contributed by atoms with van der Waals surface area (Å²) in [6, 6.07) is -0.959. The fourth-order valence-corrected chi connectivity index (χ4v) is 1.30. The minimum atomic E-state index is -2.72. The maximum atomic E-state index is 12.3. The van der Waals surface area contributed by atoms with Crippen molar-refractivity contribution >= 4 is 21.9 Å². The molecule has 0 saturated heterocycles. The summed E-state index contributed by atoms with van der Waals surface area (Å²) in [5, 5.41) is 12.1. The molecular weight excluding hydrogens is 262 g/mol. The van der Waals surface area contributed by atoms with E-state index in [1.807, 2.05) is 0 Å². The van der Waals surface area contributed by atoms with Gasteiger partial charge in [-0.1, -0.05) is 0 Å². The monoisotopic (exact) mass is 268 g/mol. The molecule has 0 aliphatic heterocycles. The highest BCUT2D eigenvalue weighted by atomic mass is 79.9. The minimum Gasteiger partial charge on any atom is -0.480 e. The zero-order chi connectivity index (χ0) is 10.9. The predicted molar refractivity (Wildman–Crippen MR) is 47.2 cm³/mol. The third-order valence-electron chi connectivity index (χ3n) is 1.67. The van der Waals surface area contributed by atoms with Crippen LogP contribution in [0.1, 0.15) is 25.1 Å². The van der Waals surface area contributed by atoms with E-state index in [9.17, 15) is 13.6 Å². The lowest BCUT2D eigenvalue weighted by Gasteiger charge is -2.05. The molecule has 0 bridgehead atoms. The normalized spacial score (nSPS) is 13.2. The Labute approximate surface area is 86.7 Å². The van der Waals surface area contributed by atoms with Crippen molar-refractivity contribution in [1.29, 1.82) is 0 Å². The van der Waals surface area contributed by atoms with E-state index in [1.165, 1.54) is 13.1 Å². The number of hydrogen-bond acceptors (Lipinski definition) is 2. The lowest BCUT2D eigenvalue weighted by molar-refractivity contribution is -0.140. The second-order valence-corrected chi connectivity index (χ2v) is 3.51. The van der Waals surface area contributed by atoms with Crippen molar-refractivity contribution in [2.45, 2.75) is 19.4 Å². The maximum Gasteiger partial charge on any atom is 0.328 e. The van der Waals surface area contributed by atoms with Gasteiger partial charge in [-0.15, -0.1) is 0 Å². The summed E-state index contributed by atoms with van der Waals surface area (Å²) in [4.78, 5) is 10.5. The highest BCUT2D eigenvalue weighted by Crippen LogP contribution is 2.26. The predicted octanol–water partition coefficient (Wildman–Crippen LogP) is 2.23. The van der Waals surface area contributed by atoms with Gasteiger partial charge < -0.3 is 5.11 Å². The molecule has 1 aromatic heterocycles. The van der Waals surface area contributed by atoms with Gasteiger partial charge in [0.1, 0.15) is 11.7 Å². The fraction of sp³-hybridized carbons (Fsp3) is 0.429. The van der Waals surface area contributed by atoms with E-state index in [0.29, 0.717) is 0 Å². The molecule has 0 aliphatic carbocycles. The number of carboxylic acids is 1. The summed E-state index contributed by atoms with van der Waals surface area (Å²) in [7, 11) is 0. The molecule has 14 heavy (non-hydrogen) atoms. The van der Waals surface area contributed by atoms with E-state index in [0.717, 1.165) is 4.68 Å². The molecule has 78 valence electrons. The average molecular weight is 269 g/mol. The van der Waals surface area contributed by atoms with Gasteiger partial charge in [-0.05, 0) is 22.9 Å². The van der Waals surface area contributed by atoms with Crippen LogP contribution in [0.3, 0.4) is 0 Å². The maximum absolute atomic E-state index is 12.3. The largest absolute Gasteiger partial charge is 0.480 e. The molecule has 0 saturated carbocycles. The van der Waals surface area contributed by atoms with Crippen LogP contribution in [0.5, 0.6) is 0 Å². The van der Waals surface area contributed by atoms with Crippen LogP contribution < -0.4 is 0 Å². The summed E-state index contributed by atoms with van der Waals surface area (Å²) in [6.45, 7) is 1.36. The molecule has 7 heteroatoms. The highest BCUT2D eigenvalue weighted by molar-refractivity contribution is 9.10. The van der Waals surface area contributed by atoms with E-state index < -0.39 is 24.1 Å². The van der Waals surface area contributed by atoms with Crippen LogP contribution in [0.25, 0.3) is 0 Å². The number of alkyl halides is 2. The smallest absolute Gasteiger partial charge is 0.328 e. The third-order valence-corrected chi connectivity index (χ3v) is 2.29. The Balaban J connectivity index is 3.02. The third kappa shape index (κ3) is 2.09. The number of hydrogen-bond donors (Lipinski definition) is 1. The highest BCUT2D eigenvalue weighted by Gasteiger charge is 2.21. The van der Waals surface area contributed by atoms with E-state index in [4.69, 9.17) is 5.11 Å². The van der Waals surface area contributed by atoms with Crippen molar-refractivity contribution in [3.05, 3.63) is 16.4 Å². The molecular formula is C7H7BrF2N2O2. The molecule has 0 unspecified atom stereocenters. The van der Waals surface area contributed by atoms with E-state index >= 15 is 0 Å². The number of aliphatic carboxylic acids is 1. The second-order valence-electron chi connectivity index (χ2n) is 2.66. The molecule has 0 aliphatic rings. The van der Waals surface area contributed by atoms with Crippen molar-refractivity contribution in [2.75, 3.05) is 0 Å². The summed E-state index contributed by atoms with van der Waals surface area (Å²) in [6.07, 6.45) is -1.49. The van der Waals surface area contributed by atoms with Gasteiger partial charge in [-0.25, -0.2) is 13.6 Å². The zero-order valence-electron chi connectivity index (χ0n) is 7.12. The van der Waals surface area contributed by atoms with Gasteiger partial charge >= 0.3 is 5.97 Å². The summed E-state index contributed by atoms with van der Waals surface area (Å²) >= 11 is 2.88. The van der Waals surface area contributed by atoms with E-state index in [1.54, 1.807) is 0 Å². The van der Waals surface area contributed by atoms with Crippen LogP contribution in [-0.4, -0.2) is 20.9 Å². The van der Waals surface area contributed by atoms with Crippen molar-refractivity contribution in [3.63, 3.8) is 0 Å². The molecule has 0 aromatic carbocycles. The summed E-state index contributed by atoms with van der Waals surface area (Å²) in [5.41, 5.74) is -0.446. The van der Waals surface area contributed by atoms with E-state index in [-0.39, 0.29) is 4.47 Å². The van der Waals surface area contributed by atoms with Crippen molar-refractivity contribution in [2.24, 2.45) is 0 Å². The van der Waals surface area contributed by atoms with Gasteiger partial charge in [0.15, 0.2) is 0 Å². The standard InChI is InChI=1S/C7H7BrF2N2O2/c1-3(7(13)14)12-2-4(8)5(11-12)6(9)10/h2-3,6H,1H3,(H,13,14)/t3-/m1/s1. The van der Waals surface area contributed by atoms with Gasteiger partial charge in [-0.2, -0.15) is 5.10 Å². The fourth-order valence-electron chi connectivity index (χ4n) is 0.843. The first-order chi connectivity index (χ1) is 6.43. The van der Waals surface area contributed by atoms with Gasteiger partial charge in [0, 0.05) is 6.20 Å². The van der Waals surface area contributed by atoms with Crippen LogP contribution >= 0.6 is 15.9 Å². The number of halogens is 3.